The van der Waals surface area contributed by atoms with Crippen molar-refractivity contribution in [2.45, 2.75) is 24.5 Å². The fraction of sp³-hybridized carbons (Fsp3) is 0.429. The summed E-state index contributed by atoms with van der Waals surface area (Å²) in [6.45, 7) is 7.48. The average Bonchev–Trinajstić information content (AvgIpc) is 3.61. The number of pyridine rings is 1. The van der Waals surface area contributed by atoms with Gasteiger partial charge in [-0.15, -0.1) is 0 Å². The van der Waals surface area contributed by atoms with Gasteiger partial charge in [-0.25, -0.2) is 15.0 Å². The van der Waals surface area contributed by atoms with Crippen molar-refractivity contribution in [3.8, 4) is 22.8 Å². The summed E-state index contributed by atoms with van der Waals surface area (Å²) in [5.74, 6) is 1.44. The third-order valence-corrected chi connectivity index (χ3v) is 8.08. The number of carbonyl (C=O) groups is 1. The topological polar surface area (TPSA) is 149 Å². The lowest BCUT2D eigenvalue weighted by Gasteiger charge is -2.20. The molecular formula is C28H34Cl2N8O4. The molecule has 0 spiro atoms. The third-order valence-electron chi connectivity index (χ3n) is 7.33. The highest BCUT2D eigenvalue weighted by atomic mass is 35.5. The van der Waals surface area contributed by atoms with Gasteiger partial charge in [0, 0.05) is 48.9 Å². The van der Waals surface area contributed by atoms with Crippen LogP contribution in [0.1, 0.15) is 6.42 Å². The van der Waals surface area contributed by atoms with Gasteiger partial charge in [0.2, 0.25) is 11.9 Å². The number of hydrogen-bond donors (Lipinski definition) is 4. The highest BCUT2D eigenvalue weighted by molar-refractivity contribution is 6.41. The lowest BCUT2D eigenvalue weighted by atomic mass is 10.1. The molecule has 2 saturated heterocycles. The summed E-state index contributed by atoms with van der Waals surface area (Å²) in [6, 6.07) is 3.17. The number of anilines is 2. The van der Waals surface area contributed by atoms with Crippen molar-refractivity contribution < 1.29 is 19.0 Å². The maximum Gasteiger partial charge on any atom is 0.243 e. The Kier molecular flexibility index (Phi) is 9.49. The zero-order valence-corrected chi connectivity index (χ0v) is 25.0. The molecule has 5 rings (SSSR count). The lowest BCUT2D eigenvalue weighted by Crippen LogP contribution is -2.45. The van der Waals surface area contributed by atoms with E-state index in [4.69, 9.17) is 53.1 Å². The van der Waals surface area contributed by atoms with Crippen molar-refractivity contribution in [2.75, 3.05) is 64.2 Å². The largest absolute Gasteiger partial charge is 0.495 e. The number of nitrogens with zero attached hydrogens (tertiary/aromatic N) is 4. The molecule has 3 aromatic rings. The van der Waals surface area contributed by atoms with Gasteiger partial charge in [-0.2, -0.15) is 0 Å². The summed E-state index contributed by atoms with van der Waals surface area (Å²) in [4.78, 5) is 28.4. The van der Waals surface area contributed by atoms with E-state index in [2.05, 4.69) is 32.4 Å². The van der Waals surface area contributed by atoms with E-state index in [1.807, 2.05) is 6.07 Å². The van der Waals surface area contributed by atoms with E-state index >= 15 is 0 Å². The summed E-state index contributed by atoms with van der Waals surface area (Å²) in [5, 5.41) is 10.9. The monoisotopic (exact) mass is 616 g/mol. The minimum atomic E-state index is -0.273. The summed E-state index contributed by atoms with van der Waals surface area (Å²) >= 11 is 13.5. The van der Waals surface area contributed by atoms with Crippen molar-refractivity contribution in [2.24, 2.45) is 5.73 Å². The molecule has 0 aliphatic carbocycles. The minimum Gasteiger partial charge on any atom is -0.495 e. The number of carbonyl (C=O) groups excluding carboxylic acids is 1. The molecular weight excluding hydrogens is 583 g/mol. The molecule has 42 heavy (non-hydrogen) atoms. The second-order valence-corrected chi connectivity index (χ2v) is 10.9. The molecule has 14 heteroatoms. The van der Waals surface area contributed by atoms with Crippen LogP contribution in [0.15, 0.2) is 31.0 Å². The van der Waals surface area contributed by atoms with Crippen LogP contribution < -0.4 is 31.2 Å². The molecule has 2 aliphatic rings. The number of halogens is 2. The number of amides is 1. The number of aromatic nitrogens is 3. The van der Waals surface area contributed by atoms with E-state index in [1.165, 1.54) is 20.3 Å². The van der Waals surface area contributed by atoms with E-state index in [-0.39, 0.29) is 24.0 Å². The van der Waals surface area contributed by atoms with E-state index < -0.39 is 0 Å². The minimum absolute atomic E-state index is 0.195. The first-order chi connectivity index (χ1) is 20.3. The van der Waals surface area contributed by atoms with Gasteiger partial charge in [-0.1, -0.05) is 29.8 Å². The maximum absolute atomic E-state index is 11.9. The molecule has 1 unspecified atom stereocenters. The fourth-order valence-corrected chi connectivity index (χ4v) is 5.81. The Hall–Kier alpha value is -3.42. The van der Waals surface area contributed by atoms with Crippen LogP contribution in [0.2, 0.25) is 10.0 Å². The number of methoxy groups -OCH3 is 2. The number of nitrogens with two attached hydrogens (primary N) is 1. The summed E-state index contributed by atoms with van der Waals surface area (Å²) in [6.07, 6.45) is 3.91. The maximum atomic E-state index is 11.9. The van der Waals surface area contributed by atoms with Gasteiger partial charge >= 0.3 is 0 Å². The van der Waals surface area contributed by atoms with Gasteiger partial charge in [0.15, 0.2) is 5.82 Å². The molecule has 0 radical (unpaired) electrons. The predicted octanol–water partition coefficient (Wildman–Crippen LogP) is 2.94. The van der Waals surface area contributed by atoms with Crippen LogP contribution in [0.4, 0.5) is 11.8 Å². The molecule has 5 N–H and O–H groups in total. The van der Waals surface area contributed by atoms with Gasteiger partial charge in [0.1, 0.15) is 17.0 Å². The Morgan fingerprint density at radius 2 is 1.93 bits per heavy atom. The van der Waals surface area contributed by atoms with Gasteiger partial charge in [0.25, 0.3) is 0 Å². The SMILES string of the molecule is C=CC(=O)N[C@H]1COC[C@H]1Nc1ncc2cc(-c3c(Cl)c(OC)cc(OC)c3Cl)nc(NCCN3CCC(N)C3)c2n1. The molecule has 2 aromatic heterocycles. The molecule has 2 aliphatic heterocycles. The molecule has 0 saturated carbocycles. The van der Waals surface area contributed by atoms with Crippen LogP contribution in [-0.4, -0.2) is 97.5 Å². The molecule has 4 heterocycles. The quantitative estimate of drug-likeness (QED) is 0.235. The highest BCUT2D eigenvalue weighted by Gasteiger charge is 2.30. The first-order valence-electron chi connectivity index (χ1n) is 13.6. The van der Waals surface area contributed by atoms with Crippen molar-refractivity contribution in [3.05, 3.63) is 41.0 Å². The Bertz CT molecular complexity index is 1450. The van der Waals surface area contributed by atoms with E-state index in [1.54, 1.807) is 12.3 Å². The smallest absolute Gasteiger partial charge is 0.243 e. The zero-order valence-electron chi connectivity index (χ0n) is 23.5. The van der Waals surface area contributed by atoms with Crippen LogP contribution in [0.3, 0.4) is 0 Å². The van der Waals surface area contributed by atoms with Crippen molar-refractivity contribution in [3.63, 3.8) is 0 Å². The Morgan fingerprint density at radius 3 is 2.60 bits per heavy atom. The summed E-state index contributed by atoms with van der Waals surface area (Å²) in [7, 11) is 3.04. The van der Waals surface area contributed by atoms with Crippen molar-refractivity contribution >= 4 is 51.8 Å². The zero-order chi connectivity index (χ0) is 29.8. The van der Waals surface area contributed by atoms with Gasteiger partial charge in [-0.3, -0.25) is 9.69 Å². The van der Waals surface area contributed by atoms with Gasteiger partial charge in [-0.05, 0) is 25.1 Å². The van der Waals surface area contributed by atoms with Crippen LogP contribution in [0.5, 0.6) is 11.5 Å². The Balaban J connectivity index is 1.51. The first-order valence-corrected chi connectivity index (χ1v) is 14.3. The van der Waals surface area contributed by atoms with Crippen molar-refractivity contribution in [1.29, 1.82) is 0 Å². The van der Waals surface area contributed by atoms with Crippen LogP contribution in [0, 0.1) is 0 Å². The fourth-order valence-electron chi connectivity index (χ4n) is 5.12. The molecule has 2 fully saturated rings. The van der Waals surface area contributed by atoms with Gasteiger partial charge < -0.3 is 35.9 Å². The third kappa shape index (κ3) is 6.47. The molecule has 12 nitrogen and oxygen atoms in total. The van der Waals surface area contributed by atoms with Crippen molar-refractivity contribution in [1.82, 2.24) is 25.2 Å². The molecule has 3 atom stereocenters. The number of likely N-dealkylation sites (tertiary alicyclic amines) is 1. The van der Waals surface area contributed by atoms with E-state index in [0.29, 0.717) is 75.2 Å². The van der Waals surface area contributed by atoms with Crippen LogP contribution >= 0.6 is 23.2 Å². The molecule has 224 valence electrons. The van der Waals surface area contributed by atoms with Gasteiger partial charge in [0.05, 0.1) is 55.3 Å². The summed E-state index contributed by atoms with van der Waals surface area (Å²) < 4.78 is 16.5. The molecule has 1 amide bonds. The number of hydrogen-bond acceptors (Lipinski definition) is 11. The normalized spacial score (nSPS) is 20.5. The number of benzene rings is 1. The standard InChI is InChI=1S/C28H34Cl2N8O4/c1-4-22(39)34-18-13-42-14-19(18)36-28-33-11-15-9-17(23-24(29)20(40-2)10-21(41-3)25(23)30)35-27(26(15)37-28)32-6-8-38-7-5-16(31)12-38/h4,9-11,16,18-19H,1,5-8,12-14,31H2,2-3H3,(H,32,35)(H,34,39)(H,33,36,37)/t16?,18-,19+/m0/s1. The highest BCUT2D eigenvalue weighted by Crippen LogP contribution is 2.46. The van der Waals surface area contributed by atoms with Crippen LogP contribution in [-0.2, 0) is 9.53 Å². The van der Waals surface area contributed by atoms with E-state index in [9.17, 15) is 4.79 Å². The first kappa shape index (κ1) is 30.1. The number of fused-ring (bicyclic) bond motifs is 1. The Labute approximate surface area is 253 Å². The second-order valence-electron chi connectivity index (χ2n) is 10.2. The molecule has 0 bridgehead atoms. The van der Waals surface area contributed by atoms with Crippen LogP contribution in [0.25, 0.3) is 22.2 Å². The predicted molar refractivity (Wildman–Crippen MR) is 164 cm³/mol. The number of ether oxygens (including phenoxy) is 3. The lowest BCUT2D eigenvalue weighted by molar-refractivity contribution is -0.117. The molecule has 1 aromatic carbocycles. The second kappa shape index (κ2) is 13.3. The average molecular weight is 618 g/mol. The van der Waals surface area contributed by atoms with E-state index in [0.717, 1.165) is 26.1 Å². The number of rotatable bonds is 11. The summed E-state index contributed by atoms with van der Waals surface area (Å²) in [5.41, 5.74) is 7.66. The Morgan fingerprint density at radius 1 is 1.19 bits per heavy atom. The number of nitrogens with one attached hydrogen (secondary N) is 3.